The predicted octanol–water partition coefficient (Wildman–Crippen LogP) is 3.14. The van der Waals surface area contributed by atoms with E-state index in [1.807, 2.05) is 26.0 Å². The van der Waals surface area contributed by atoms with Gasteiger partial charge in [0, 0.05) is 12.5 Å². The summed E-state index contributed by atoms with van der Waals surface area (Å²) in [6, 6.07) is 5.52. The molecule has 0 aliphatic carbocycles. The van der Waals surface area contributed by atoms with E-state index in [1.54, 1.807) is 13.0 Å². The van der Waals surface area contributed by atoms with E-state index in [9.17, 15) is 9.90 Å². The number of phenols is 1. The highest BCUT2D eigenvalue weighted by atomic mass is 16.5. The van der Waals surface area contributed by atoms with Gasteiger partial charge in [-0.2, -0.15) is 0 Å². The van der Waals surface area contributed by atoms with Gasteiger partial charge in [-0.1, -0.05) is 32.0 Å². The van der Waals surface area contributed by atoms with Crippen LogP contribution in [0, 0.1) is 0 Å². The van der Waals surface area contributed by atoms with Crippen LogP contribution in [0.1, 0.15) is 50.8 Å². The number of benzene rings is 1. The molecular weight excluding hydrogens is 204 g/mol. The molecule has 0 radical (unpaired) electrons. The number of phenolic OH excluding ortho intramolecular Hbond substituents is 1. The van der Waals surface area contributed by atoms with Crippen LogP contribution in [0.25, 0.3) is 0 Å². The zero-order valence-electron chi connectivity index (χ0n) is 10.2. The van der Waals surface area contributed by atoms with Gasteiger partial charge in [-0.3, -0.25) is 4.79 Å². The topological polar surface area (TPSA) is 46.5 Å². The fraction of sp³-hybridized carbons (Fsp3) is 0.462. The van der Waals surface area contributed by atoms with E-state index in [2.05, 4.69) is 0 Å². The van der Waals surface area contributed by atoms with Crippen molar-refractivity contribution < 1.29 is 14.6 Å². The van der Waals surface area contributed by atoms with Crippen LogP contribution in [0.4, 0.5) is 0 Å². The van der Waals surface area contributed by atoms with E-state index in [1.165, 1.54) is 6.92 Å². The minimum Gasteiger partial charge on any atom is -0.507 e. The lowest BCUT2D eigenvalue weighted by molar-refractivity contribution is -0.145. The first kappa shape index (κ1) is 12.6. The maximum atomic E-state index is 10.9. The number of carbonyl (C=O) groups excluding carboxylic acids is 1. The van der Waals surface area contributed by atoms with E-state index >= 15 is 0 Å². The molecule has 0 fully saturated rings. The van der Waals surface area contributed by atoms with Crippen LogP contribution in [0.3, 0.4) is 0 Å². The quantitative estimate of drug-likeness (QED) is 0.799. The summed E-state index contributed by atoms with van der Waals surface area (Å²) in [6.07, 6.45) is -0.420. The van der Waals surface area contributed by atoms with Crippen LogP contribution >= 0.6 is 0 Å². The zero-order chi connectivity index (χ0) is 12.3. The summed E-state index contributed by atoms with van der Waals surface area (Å²) in [5, 5.41) is 10.1. The van der Waals surface area contributed by atoms with Gasteiger partial charge in [0.25, 0.3) is 0 Å². The molecule has 0 bridgehead atoms. The second kappa shape index (κ2) is 5.01. The summed E-state index contributed by atoms with van der Waals surface area (Å²) in [5.41, 5.74) is 1.53. The Hall–Kier alpha value is -1.51. The lowest BCUT2D eigenvalue weighted by atomic mass is 9.97. The van der Waals surface area contributed by atoms with Crippen LogP contribution in [0.5, 0.6) is 5.75 Å². The Morgan fingerprint density at radius 2 is 1.81 bits per heavy atom. The zero-order valence-corrected chi connectivity index (χ0v) is 10.2. The molecule has 1 aromatic carbocycles. The van der Waals surface area contributed by atoms with Gasteiger partial charge in [0.1, 0.15) is 11.9 Å². The monoisotopic (exact) mass is 222 g/mol. The first-order chi connectivity index (χ1) is 7.43. The SMILES string of the molecule is CC(=O)OC(C)c1cccc(C(C)C)c1O. The number of aromatic hydroxyl groups is 1. The van der Waals surface area contributed by atoms with Gasteiger partial charge in [0.15, 0.2) is 0 Å². The molecule has 0 amide bonds. The van der Waals surface area contributed by atoms with Crippen molar-refractivity contribution in [1.29, 1.82) is 0 Å². The Morgan fingerprint density at radius 3 is 2.31 bits per heavy atom. The third kappa shape index (κ3) is 2.75. The number of para-hydroxylation sites is 1. The van der Waals surface area contributed by atoms with E-state index in [0.29, 0.717) is 5.56 Å². The van der Waals surface area contributed by atoms with Gasteiger partial charge >= 0.3 is 5.97 Å². The second-order valence-corrected chi connectivity index (χ2v) is 4.19. The number of ether oxygens (including phenoxy) is 1. The van der Waals surface area contributed by atoms with Crippen molar-refractivity contribution >= 4 is 5.97 Å². The highest BCUT2D eigenvalue weighted by Gasteiger charge is 2.16. The Labute approximate surface area is 96.1 Å². The second-order valence-electron chi connectivity index (χ2n) is 4.19. The molecule has 1 atom stereocenters. The predicted molar refractivity (Wildman–Crippen MR) is 62.4 cm³/mol. The average molecular weight is 222 g/mol. The van der Waals surface area contributed by atoms with Crippen molar-refractivity contribution in [2.24, 2.45) is 0 Å². The van der Waals surface area contributed by atoms with Crippen LogP contribution < -0.4 is 0 Å². The lowest BCUT2D eigenvalue weighted by Crippen LogP contribution is -2.06. The summed E-state index contributed by atoms with van der Waals surface area (Å²) in [6.45, 7) is 7.13. The van der Waals surface area contributed by atoms with Gasteiger partial charge in [-0.25, -0.2) is 0 Å². The number of esters is 1. The summed E-state index contributed by atoms with van der Waals surface area (Å²) in [5.74, 6) is 0.123. The van der Waals surface area contributed by atoms with Crippen LogP contribution in [-0.4, -0.2) is 11.1 Å². The van der Waals surface area contributed by atoms with Crippen molar-refractivity contribution in [2.45, 2.75) is 39.7 Å². The van der Waals surface area contributed by atoms with Crippen molar-refractivity contribution in [3.63, 3.8) is 0 Å². The molecule has 3 heteroatoms. The molecule has 1 aromatic rings. The molecule has 0 aliphatic heterocycles. The Balaban J connectivity index is 3.05. The standard InChI is InChI=1S/C13H18O3/c1-8(2)11-6-5-7-12(13(11)15)9(3)16-10(4)14/h5-9,15H,1-4H3. The molecule has 88 valence electrons. The smallest absolute Gasteiger partial charge is 0.303 e. The van der Waals surface area contributed by atoms with E-state index < -0.39 is 6.10 Å². The largest absolute Gasteiger partial charge is 0.507 e. The molecule has 0 aromatic heterocycles. The molecule has 16 heavy (non-hydrogen) atoms. The molecule has 0 saturated heterocycles. The fourth-order valence-corrected chi connectivity index (χ4v) is 1.69. The maximum Gasteiger partial charge on any atom is 0.303 e. The van der Waals surface area contributed by atoms with Crippen LogP contribution in [0.15, 0.2) is 18.2 Å². The number of hydrogen-bond acceptors (Lipinski definition) is 3. The molecule has 1 rings (SSSR count). The van der Waals surface area contributed by atoms with Gasteiger partial charge < -0.3 is 9.84 Å². The molecule has 1 unspecified atom stereocenters. The molecule has 3 nitrogen and oxygen atoms in total. The normalized spacial score (nSPS) is 12.6. The van der Waals surface area contributed by atoms with E-state index in [4.69, 9.17) is 4.74 Å². The van der Waals surface area contributed by atoms with Crippen molar-refractivity contribution in [1.82, 2.24) is 0 Å². The summed E-state index contributed by atoms with van der Waals surface area (Å²) in [7, 11) is 0. The third-order valence-electron chi connectivity index (χ3n) is 2.50. The summed E-state index contributed by atoms with van der Waals surface area (Å²) in [4.78, 5) is 10.9. The van der Waals surface area contributed by atoms with Crippen molar-refractivity contribution in [3.8, 4) is 5.75 Å². The molecule has 0 heterocycles. The van der Waals surface area contributed by atoms with E-state index in [-0.39, 0.29) is 17.6 Å². The maximum absolute atomic E-state index is 10.9. The Kier molecular flexibility index (Phi) is 3.93. The summed E-state index contributed by atoms with van der Waals surface area (Å²) < 4.78 is 5.05. The first-order valence-corrected chi connectivity index (χ1v) is 5.42. The van der Waals surface area contributed by atoms with Gasteiger partial charge in [-0.15, -0.1) is 0 Å². The van der Waals surface area contributed by atoms with E-state index in [0.717, 1.165) is 5.56 Å². The minimum atomic E-state index is -0.420. The molecule has 0 aliphatic rings. The average Bonchev–Trinajstić information content (AvgIpc) is 2.16. The highest BCUT2D eigenvalue weighted by molar-refractivity contribution is 5.66. The number of carbonyl (C=O) groups is 1. The van der Waals surface area contributed by atoms with Gasteiger partial charge in [-0.05, 0) is 18.4 Å². The molecular formula is C13H18O3. The Bertz CT molecular complexity index is 383. The molecule has 0 saturated carbocycles. The Morgan fingerprint density at radius 1 is 1.25 bits per heavy atom. The minimum absolute atomic E-state index is 0.228. The number of rotatable bonds is 3. The third-order valence-corrected chi connectivity index (χ3v) is 2.50. The van der Waals surface area contributed by atoms with Gasteiger partial charge in [0.2, 0.25) is 0 Å². The lowest BCUT2D eigenvalue weighted by Gasteiger charge is -2.17. The van der Waals surface area contributed by atoms with Crippen LogP contribution in [0.2, 0.25) is 0 Å². The molecule has 1 N–H and O–H groups in total. The van der Waals surface area contributed by atoms with Crippen molar-refractivity contribution in [3.05, 3.63) is 29.3 Å². The number of hydrogen-bond donors (Lipinski definition) is 1. The summed E-state index contributed by atoms with van der Waals surface area (Å²) >= 11 is 0. The van der Waals surface area contributed by atoms with Crippen molar-refractivity contribution in [2.75, 3.05) is 0 Å². The van der Waals surface area contributed by atoms with Crippen LogP contribution in [-0.2, 0) is 9.53 Å². The van der Waals surface area contributed by atoms with Gasteiger partial charge in [0.05, 0.1) is 0 Å². The first-order valence-electron chi connectivity index (χ1n) is 5.42. The highest BCUT2D eigenvalue weighted by Crippen LogP contribution is 2.33. The molecule has 0 spiro atoms. The fourth-order valence-electron chi connectivity index (χ4n) is 1.69.